The van der Waals surface area contributed by atoms with Crippen LogP contribution in [0.1, 0.15) is 13.3 Å². The Labute approximate surface area is 72.8 Å². The molecule has 0 spiro atoms. The largest absolute Gasteiger partial charge is 0.480 e. The van der Waals surface area contributed by atoms with Crippen LogP contribution in [0.2, 0.25) is 0 Å². The summed E-state index contributed by atoms with van der Waals surface area (Å²) >= 11 is 0. The van der Waals surface area contributed by atoms with Crippen molar-refractivity contribution in [1.29, 1.82) is 0 Å². The van der Waals surface area contributed by atoms with Gasteiger partial charge in [-0.15, -0.1) is 6.58 Å². The summed E-state index contributed by atoms with van der Waals surface area (Å²) < 4.78 is 11.6. The molecule has 0 aliphatic carbocycles. The molecule has 0 rings (SSSR count). The number of aliphatic carboxylic acids is 1. The predicted molar refractivity (Wildman–Crippen MR) is 50.3 cm³/mol. The monoisotopic (exact) mass is 190 g/mol. The Morgan fingerprint density at radius 1 is 1.67 bits per heavy atom. The lowest BCUT2D eigenvalue weighted by Crippen LogP contribution is -2.33. The Bertz CT molecular complexity index is 241. The highest BCUT2D eigenvalue weighted by Crippen LogP contribution is 2.53. The molecule has 3 nitrogen and oxygen atoms in total. The average Bonchev–Trinajstić information content (AvgIpc) is 1.85. The van der Waals surface area contributed by atoms with Crippen molar-refractivity contribution in [1.82, 2.24) is 0 Å². The molecule has 1 atom stereocenters. The molecule has 0 aromatic carbocycles. The van der Waals surface area contributed by atoms with E-state index < -0.39 is 18.3 Å². The maximum absolute atomic E-state index is 11.6. The fourth-order valence-corrected chi connectivity index (χ4v) is 1.85. The van der Waals surface area contributed by atoms with E-state index in [0.717, 1.165) is 0 Å². The van der Waals surface area contributed by atoms with Crippen molar-refractivity contribution in [3.05, 3.63) is 12.7 Å². The molecule has 70 valence electrons. The normalized spacial score (nSPS) is 16.6. The second-order valence-corrected chi connectivity index (χ2v) is 7.11. The standard InChI is InChI=1S/C8H15O3P/c1-5-6-8(2,7(9)10)12(3,4)11/h5H,1,6H2,2-4H3,(H,9,10). The van der Waals surface area contributed by atoms with Crippen LogP contribution in [-0.2, 0) is 9.36 Å². The summed E-state index contributed by atoms with van der Waals surface area (Å²) in [6, 6.07) is 0. The lowest BCUT2D eigenvalue weighted by molar-refractivity contribution is -0.139. The second kappa shape index (κ2) is 3.44. The van der Waals surface area contributed by atoms with Crippen LogP contribution in [0.3, 0.4) is 0 Å². The fourth-order valence-electron chi connectivity index (χ4n) is 0.819. The lowest BCUT2D eigenvalue weighted by Gasteiger charge is -2.27. The number of hydrogen-bond donors (Lipinski definition) is 1. The van der Waals surface area contributed by atoms with Crippen LogP contribution < -0.4 is 0 Å². The summed E-state index contributed by atoms with van der Waals surface area (Å²) in [7, 11) is -2.63. The number of carbonyl (C=O) groups is 1. The van der Waals surface area contributed by atoms with Crippen molar-refractivity contribution < 1.29 is 14.5 Å². The molecule has 0 radical (unpaired) electrons. The zero-order chi connectivity index (χ0) is 9.99. The van der Waals surface area contributed by atoms with Gasteiger partial charge in [0.15, 0.2) is 0 Å². The van der Waals surface area contributed by atoms with Crippen LogP contribution in [0.15, 0.2) is 12.7 Å². The number of allylic oxidation sites excluding steroid dienone is 1. The van der Waals surface area contributed by atoms with Crippen LogP contribution in [0.25, 0.3) is 0 Å². The van der Waals surface area contributed by atoms with Gasteiger partial charge in [-0.3, -0.25) is 4.79 Å². The Morgan fingerprint density at radius 2 is 2.08 bits per heavy atom. The van der Waals surface area contributed by atoms with Gasteiger partial charge in [-0.2, -0.15) is 0 Å². The molecule has 0 aromatic rings. The van der Waals surface area contributed by atoms with E-state index in [1.54, 1.807) is 0 Å². The van der Waals surface area contributed by atoms with Gasteiger partial charge in [-0.05, 0) is 26.7 Å². The second-order valence-electron chi connectivity index (χ2n) is 3.42. The number of rotatable bonds is 4. The van der Waals surface area contributed by atoms with Gasteiger partial charge < -0.3 is 9.67 Å². The minimum atomic E-state index is -2.63. The van der Waals surface area contributed by atoms with Crippen molar-refractivity contribution in [2.75, 3.05) is 13.3 Å². The van der Waals surface area contributed by atoms with Gasteiger partial charge in [0.1, 0.15) is 5.16 Å². The molecule has 0 aliphatic rings. The molecular weight excluding hydrogens is 175 g/mol. The number of hydrogen-bond acceptors (Lipinski definition) is 2. The Kier molecular flexibility index (Phi) is 3.28. The molecule has 0 saturated heterocycles. The highest BCUT2D eigenvalue weighted by Gasteiger charge is 2.43. The van der Waals surface area contributed by atoms with Crippen molar-refractivity contribution >= 4 is 13.1 Å². The third kappa shape index (κ3) is 1.98. The van der Waals surface area contributed by atoms with Crippen molar-refractivity contribution in [2.45, 2.75) is 18.5 Å². The van der Waals surface area contributed by atoms with Gasteiger partial charge in [-0.25, -0.2) is 0 Å². The lowest BCUT2D eigenvalue weighted by atomic mass is 10.1. The minimum absolute atomic E-state index is 0.243. The first-order valence-corrected chi connectivity index (χ1v) is 6.25. The van der Waals surface area contributed by atoms with Gasteiger partial charge in [0.05, 0.1) is 7.14 Å². The van der Waals surface area contributed by atoms with Crippen molar-refractivity contribution in [3.8, 4) is 0 Å². The van der Waals surface area contributed by atoms with Crippen molar-refractivity contribution in [3.63, 3.8) is 0 Å². The molecule has 1 N–H and O–H groups in total. The number of carboxylic acid groups (broad SMARTS) is 1. The quantitative estimate of drug-likeness (QED) is 0.545. The highest BCUT2D eigenvalue weighted by molar-refractivity contribution is 7.65. The van der Waals surface area contributed by atoms with Gasteiger partial charge >= 0.3 is 5.97 Å². The molecule has 1 unspecified atom stereocenters. The predicted octanol–water partition coefficient (Wildman–Crippen LogP) is 2.03. The molecule has 4 heteroatoms. The molecule has 0 aromatic heterocycles. The van der Waals surface area contributed by atoms with Gasteiger partial charge in [-0.1, -0.05) is 6.08 Å². The van der Waals surface area contributed by atoms with E-state index in [2.05, 4.69) is 6.58 Å². The third-order valence-electron chi connectivity index (χ3n) is 2.19. The molecule has 0 heterocycles. The Hall–Kier alpha value is -0.560. The first kappa shape index (κ1) is 11.4. The van der Waals surface area contributed by atoms with E-state index in [1.165, 1.54) is 26.3 Å². The van der Waals surface area contributed by atoms with E-state index in [-0.39, 0.29) is 6.42 Å². The van der Waals surface area contributed by atoms with Crippen LogP contribution in [0.5, 0.6) is 0 Å². The highest BCUT2D eigenvalue weighted by atomic mass is 31.2. The average molecular weight is 190 g/mol. The SMILES string of the molecule is C=CCC(C)(C(=O)O)P(C)(C)=O. The molecular formula is C8H15O3P. The van der Waals surface area contributed by atoms with E-state index >= 15 is 0 Å². The zero-order valence-corrected chi connectivity index (χ0v) is 8.60. The zero-order valence-electron chi connectivity index (χ0n) is 7.70. The van der Waals surface area contributed by atoms with Crippen molar-refractivity contribution in [2.24, 2.45) is 0 Å². The number of carboxylic acids is 1. The minimum Gasteiger partial charge on any atom is -0.480 e. The molecule has 0 saturated carbocycles. The van der Waals surface area contributed by atoms with E-state index in [0.29, 0.717) is 0 Å². The maximum atomic E-state index is 11.6. The summed E-state index contributed by atoms with van der Waals surface area (Å²) in [6.07, 6.45) is 1.74. The summed E-state index contributed by atoms with van der Waals surface area (Å²) in [5.41, 5.74) is 0. The van der Waals surface area contributed by atoms with Crippen LogP contribution in [0, 0.1) is 0 Å². The van der Waals surface area contributed by atoms with E-state index in [9.17, 15) is 9.36 Å². The summed E-state index contributed by atoms with van der Waals surface area (Å²) in [5, 5.41) is 7.72. The van der Waals surface area contributed by atoms with Gasteiger partial charge in [0.2, 0.25) is 0 Å². The first-order valence-electron chi connectivity index (χ1n) is 3.65. The van der Waals surface area contributed by atoms with Gasteiger partial charge in [0, 0.05) is 0 Å². The molecule has 0 aliphatic heterocycles. The van der Waals surface area contributed by atoms with E-state index in [1.807, 2.05) is 0 Å². The molecule has 0 fully saturated rings. The smallest absolute Gasteiger partial charge is 0.317 e. The van der Waals surface area contributed by atoms with Crippen LogP contribution in [-0.4, -0.2) is 29.6 Å². The molecule has 12 heavy (non-hydrogen) atoms. The topological polar surface area (TPSA) is 54.4 Å². The third-order valence-corrected chi connectivity index (χ3v) is 4.94. The first-order chi connectivity index (χ1) is 5.25. The molecule has 0 amide bonds. The van der Waals surface area contributed by atoms with Gasteiger partial charge in [0.25, 0.3) is 0 Å². The maximum Gasteiger partial charge on any atom is 0.317 e. The summed E-state index contributed by atoms with van der Waals surface area (Å²) in [6.45, 7) is 7.94. The van der Waals surface area contributed by atoms with E-state index in [4.69, 9.17) is 5.11 Å². The van der Waals surface area contributed by atoms with Crippen LogP contribution >= 0.6 is 7.14 Å². The molecule has 0 bridgehead atoms. The summed E-state index contributed by atoms with van der Waals surface area (Å²) in [4.78, 5) is 10.8. The Balaban J connectivity index is 5.01. The summed E-state index contributed by atoms with van der Waals surface area (Å²) in [5.74, 6) is -1.02. The fraction of sp³-hybridized carbons (Fsp3) is 0.625. The Morgan fingerprint density at radius 3 is 2.17 bits per heavy atom. The van der Waals surface area contributed by atoms with Crippen LogP contribution in [0.4, 0.5) is 0 Å².